The van der Waals surface area contributed by atoms with Crippen molar-refractivity contribution in [3.8, 4) is 22.0 Å². The minimum Gasteiger partial charge on any atom is -0.463 e. The van der Waals surface area contributed by atoms with Crippen LogP contribution in [0.2, 0.25) is 0 Å². The molecule has 0 saturated heterocycles. The van der Waals surface area contributed by atoms with Crippen molar-refractivity contribution < 1.29 is 4.42 Å². The van der Waals surface area contributed by atoms with Crippen LogP contribution in [0.15, 0.2) is 40.3 Å². The molecular formula is C17H20N4OS. The molecule has 0 atom stereocenters. The minimum absolute atomic E-state index is 0.632. The molecular weight excluding hydrogens is 308 g/mol. The summed E-state index contributed by atoms with van der Waals surface area (Å²) in [5.74, 6) is 1.39. The van der Waals surface area contributed by atoms with Crippen LogP contribution in [0.5, 0.6) is 0 Å². The lowest BCUT2D eigenvalue weighted by atomic mass is 10.1. The molecule has 23 heavy (non-hydrogen) atoms. The van der Waals surface area contributed by atoms with E-state index in [1.54, 1.807) is 17.6 Å². The maximum atomic E-state index is 5.55. The number of hydrogen-bond acceptors (Lipinski definition) is 6. The average molecular weight is 328 g/mol. The molecule has 0 spiro atoms. The molecule has 0 bridgehead atoms. The molecule has 0 fully saturated rings. The molecule has 0 saturated carbocycles. The van der Waals surface area contributed by atoms with Crippen molar-refractivity contribution in [1.29, 1.82) is 0 Å². The molecule has 120 valence electrons. The van der Waals surface area contributed by atoms with Gasteiger partial charge >= 0.3 is 0 Å². The first-order valence-corrected chi connectivity index (χ1v) is 8.38. The number of rotatable bonds is 6. The summed E-state index contributed by atoms with van der Waals surface area (Å²) in [7, 11) is 4.09. The van der Waals surface area contributed by atoms with Crippen LogP contribution in [0.3, 0.4) is 0 Å². The zero-order chi connectivity index (χ0) is 16.2. The summed E-state index contributed by atoms with van der Waals surface area (Å²) in [6, 6.07) is 7.92. The summed E-state index contributed by atoms with van der Waals surface area (Å²) in [5, 5.41) is 5.37. The summed E-state index contributed by atoms with van der Waals surface area (Å²) < 4.78 is 5.55. The molecule has 3 rings (SSSR count). The van der Waals surface area contributed by atoms with Crippen molar-refractivity contribution in [3.63, 3.8) is 0 Å². The third-order valence-electron chi connectivity index (χ3n) is 3.50. The smallest absolute Gasteiger partial charge is 0.224 e. The van der Waals surface area contributed by atoms with Gasteiger partial charge in [0.2, 0.25) is 5.95 Å². The standard InChI is InChI=1S/C17H20N4OS/c1-12-15(13-6-4-10-22-13)19-17(18-8-9-21(2)3)20-16(12)14-7-5-11-23-14/h4-7,10-11H,8-9H2,1-3H3,(H,18,19,20). The number of nitrogens with one attached hydrogen (secondary N) is 1. The van der Waals surface area contributed by atoms with Crippen LogP contribution in [0.4, 0.5) is 5.95 Å². The van der Waals surface area contributed by atoms with Crippen LogP contribution in [-0.2, 0) is 0 Å². The van der Waals surface area contributed by atoms with Crippen LogP contribution in [-0.4, -0.2) is 42.1 Å². The number of aromatic nitrogens is 2. The Bertz CT molecular complexity index is 696. The number of furan rings is 1. The molecule has 0 unspecified atom stereocenters. The second-order valence-electron chi connectivity index (χ2n) is 5.55. The third-order valence-corrected chi connectivity index (χ3v) is 4.37. The van der Waals surface area contributed by atoms with Crippen LogP contribution in [0.1, 0.15) is 5.56 Å². The molecule has 3 aromatic rings. The van der Waals surface area contributed by atoms with Gasteiger partial charge in [0.1, 0.15) is 5.69 Å². The largest absolute Gasteiger partial charge is 0.463 e. The number of anilines is 1. The fraction of sp³-hybridized carbons (Fsp3) is 0.294. The quantitative estimate of drug-likeness (QED) is 0.747. The van der Waals surface area contributed by atoms with E-state index in [0.29, 0.717) is 5.95 Å². The SMILES string of the molecule is Cc1c(-c2ccco2)nc(NCCN(C)C)nc1-c1cccs1. The minimum atomic E-state index is 0.632. The first-order chi connectivity index (χ1) is 11.1. The van der Waals surface area contributed by atoms with Gasteiger partial charge in [0.25, 0.3) is 0 Å². The van der Waals surface area contributed by atoms with Gasteiger partial charge in [-0.15, -0.1) is 11.3 Å². The molecule has 0 aromatic carbocycles. The normalized spacial score (nSPS) is 11.1. The highest BCUT2D eigenvalue weighted by atomic mass is 32.1. The summed E-state index contributed by atoms with van der Waals surface area (Å²) in [5.41, 5.74) is 2.81. The Kier molecular flexibility index (Phi) is 4.73. The average Bonchev–Trinajstić information content (AvgIpc) is 3.21. The van der Waals surface area contributed by atoms with Gasteiger partial charge in [-0.1, -0.05) is 6.07 Å². The van der Waals surface area contributed by atoms with Crippen LogP contribution in [0.25, 0.3) is 22.0 Å². The number of nitrogens with zero attached hydrogens (tertiary/aromatic N) is 3. The highest BCUT2D eigenvalue weighted by Crippen LogP contribution is 2.32. The van der Waals surface area contributed by atoms with Crippen molar-refractivity contribution in [2.24, 2.45) is 0 Å². The summed E-state index contributed by atoms with van der Waals surface area (Å²) in [6.45, 7) is 3.75. The maximum Gasteiger partial charge on any atom is 0.224 e. The van der Waals surface area contributed by atoms with Gasteiger partial charge in [0.15, 0.2) is 5.76 Å². The number of likely N-dealkylation sites (N-methyl/N-ethyl adjacent to an activating group) is 1. The van der Waals surface area contributed by atoms with Crippen molar-refractivity contribution in [2.45, 2.75) is 6.92 Å². The fourth-order valence-electron chi connectivity index (χ4n) is 2.29. The van der Waals surface area contributed by atoms with Gasteiger partial charge in [-0.25, -0.2) is 9.97 Å². The summed E-state index contributed by atoms with van der Waals surface area (Å²) in [6.07, 6.45) is 1.67. The lowest BCUT2D eigenvalue weighted by Gasteiger charge is -2.13. The highest BCUT2D eigenvalue weighted by molar-refractivity contribution is 7.13. The molecule has 0 aliphatic heterocycles. The molecule has 6 heteroatoms. The second-order valence-corrected chi connectivity index (χ2v) is 6.50. The van der Waals surface area contributed by atoms with E-state index in [0.717, 1.165) is 40.7 Å². The van der Waals surface area contributed by atoms with E-state index in [9.17, 15) is 0 Å². The molecule has 0 amide bonds. The maximum absolute atomic E-state index is 5.55. The highest BCUT2D eigenvalue weighted by Gasteiger charge is 2.16. The monoisotopic (exact) mass is 328 g/mol. The molecule has 0 radical (unpaired) electrons. The van der Waals surface area contributed by atoms with Gasteiger partial charge in [-0.05, 0) is 44.6 Å². The predicted molar refractivity (Wildman–Crippen MR) is 94.8 cm³/mol. The fourth-order valence-corrected chi connectivity index (χ4v) is 3.06. The molecule has 0 aliphatic rings. The summed E-state index contributed by atoms with van der Waals surface area (Å²) in [4.78, 5) is 12.6. The Labute approximate surface area is 140 Å². The van der Waals surface area contributed by atoms with Gasteiger partial charge in [0.05, 0.1) is 16.8 Å². The lowest BCUT2D eigenvalue weighted by Crippen LogP contribution is -2.21. The topological polar surface area (TPSA) is 54.2 Å². The molecule has 5 nitrogen and oxygen atoms in total. The Morgan fingerprint density at radius 3 is 2.65 bits per heavy atom. The van der Waals surface area contributed by atoms with Gasteiger partial charge in [-0.2, -0.15) is 0 Å². The second kappa shape index (κ2) is 6.93. The van der Waals surface area contributed by atoms with Gasteiger partial charge in [-0.3, -0.25) is 0 Å². The van der Waals surface area contributed by atoms with Crippen LogP contribution < -0.4 is 5.32 Å². The van der Waals surface area contributed by atoms with E-state index in [4.69, 9.17) is 9.40 Å². The first-order valence-electron chi connectivity index (χ1n) is 7.50. The van der Waals surface area contributed by atoms with E-state index in [2.05, 4.69) is 26.6 Å². The molecule has 1 N–H and O–H groups in total. The number of thiophene rings is 1. The predicted octanol–water partition coefficient (Wildman–Crippen LogP) is 3.75. The van der Waals surface area contributed by atoms with Crippen LogP contribution in [0, 0.1) is 6.92 Å². The zero-order valence-electron chi connectivity index (χ0n) is 13.5. The molecule has 0 aliphatic carbocycles. The van der Waals surface area contributed by atoms with Crippen molar-refractivity contribution in [1.82, 2.24) is 14.9 Å². The lowest BCUT2D eigenvalue weighted by molar-refractivity contribution is 0.425. The zero-order valence-corrected chi connectivity index (χ0v) is 14.4. The Morgan fingerprint density at radius 1 is 1.17 bits per heavy atom. The Morgan fingerprint density at radius 2 is 2.00 bits per heavy atom. The first kappa shape index (κ1) is 15.7. The van der Waals surface area contributed by atoms with Crippen molar-refractivity contribution in [3.05, 3.63) is 41.5 Å². The summed E-state index contributed by atoms with van der Waals surface area (Å²) >= 11 is 1.68. The van der Waals surface area contributed by atoms with E-state index < -0.39 is 0 Å². The van der Waals surface area contributed by atoms with Crippen molar-refractivity contribution >= 4 is 17.3 Å². The molecule has 3 aromatic heterocycles. The third kappa shape index (κ3) is 3.60. The van der Waals surface area contributed by atoms with E-state index in [-0.39, 0.29) is 0 Å². The number of hydrogen-bond donors (Lipinski definition) is 1. The Hall–Kier alpha value is -2.18. The van der Waals surface area contributed by atoms with E-state index in [1.165, 1.54) is 0 Å². The van der Waals surface area contributed by atoms with Crippen molar-refractivity contribution in [2.75, 3.05) is 32.5 Å². The van der Waals surface area contributed by atoms with E-state index >= 15 is 0 Å². The van der Waals surface area contributed by atoms with E-state index in [1.807, 2.05) is 39.2 Å². The van der Waals surface area contributed by atoms with Gasteiger partial charge in [0, 0.05) is 18.7 Å². The van der Waals surface area contributed by atoms with Gasteiger partial charge < -0.3 is 14.6 Å². The molecule has 3 heterocycles. The Balaban J connectivity index is 2.00. The van der Waals surface area contributed by atoms with Crippen LogP contribution >= 0.6 is 11.3 Å².